The predicted octanol–water partition coefficient (Wildman–Crippen LogP) is 0.105. The van der Waals surface area contributed by atoms with Crippen molar-refractivity contribution in [3.8, 4) is 0 Å². The number of carbonyl (C=O) groups is 1. The van der Waals surface area contributed by atoms with Gasteiger partial charge in [0.05, 0.1) is 10.5 Å². The molecule has 1 amide bonds. The summed E-state index contributed by atoms with van der Waals surface area (Å²) >= 11 is 0. The molecule has 1 aromatic rings. The highest BCUT2D eigenvalue weighted by atomic mass is 32.2. The monoisotopic (exact) mass is 373 g/mol. The van der Waals surface area contributed by atoms with Gasteiger partial charge in [0.25, 0.3) is 5.91 Å². The Morgan fingerprint density at radius 1 is 1.36 bits per heavy atom. The van der Waals surface area contributed by atoms with E-state index in [1.807, 2.05) is 19.0 Å². The van der Waals surface area contributed by atoms with Crippen LogP contribution in [-0.2, 0) is 10.0 Å². The van der Waals surface area contributed by atoms with Crippen molar-refractivity contribution >= 4 is 15.9 Å². The molecule has 1 aliphatic heterocycles. The van der Waals surface area contributed by atoms with E-state index in [9.17, 15) is 22.7 Å². The van der Waals surface area contributed by atoms with Crippen molar-refractivity contribution in [2.24, 2.45) is 17.0 Å². The van der Waals surface area contributed by atoms with Gasteiger partial charge in [-0.05, 0) is 50.6 Å². The molecule has 1 saturated heterocycles. The van der Waals surface area contributed by atoms with Crippen LogP contribution in [0.15, 0.2) is 23.1 Å². The fourth-order valence-electron chi connectivity index (χ4n) is 3.28. The number of nitrogens with zero attached hydrogens (tertiary/aromatic N) is 2. The van der Waals surface area contributed by atoms with Gasteiger partial charge in [-0.2, -0.15) is 0 Å². The molecule has 25 heavy (non-hydrogen) atoms. The summed E-state index contributed by atoms with van der Waals surface area (Å²) in [4.78, 5) is 15.9. The van der Waals surface area contributed by atoms with E-state index < -0.39 is 21.7 Å². The minimum Gasteiger partial charge on any atom is -0.396 e. The van der Waals surface area contributed by atoms with Crippen molar-refractivity contribution in [2.45, 2.75) is 11.3 Å². The van der Waals surface area contributed by atoms with Crippen LogP contribution in [0, 0.1) is 17.7 Å². The average Bonchev–Trinajstić information content (AvgIpc) is 2.52. The molecule has 1 fully saturated rings. The highest BCUT2D eigenvalue weighted by molar-refractivity contribution is 7.89. The third-order valence-electron chi connectivity index (χ3n) is 4.29. The third-order valence-corrected chi connectivity index (χ3v) is 5.20. The lowest BCUT2D eigenvalue weighted by atomic mass is 9.89. The van der Waals surface area contributed by atoms with Crippen molar-refractivity contribution in [1.82, 2.24) is 9.80 Å². The van der Waals surface area contributed by atoms with Gasteiger partial charge in [0, 0.05) is 26.2 Å². The highest BCUT2D eigenvalue weighted by Gasteiger charge is 2.31. The molecule has 7 nitrogen and oxygen atoms in total. The molecule has 140 valence electrons. The molecule has 2 atom stereocenters. The second kappa shape index (κ2) is 7.77. The lowest BCUT2D eigenvalue weighted by Gasteiger charge is -2.38. The Morgan fingerprint density at radius 2 is 2.00 bits per heavy atom. The van der Waals surface area contributed by atoms with Crippen LogP contribution in [0.1, 0.15) is 16.8 Å². The van der Waals surface area contributed by atoms with Crippen LogP contribution < -0.4 is 5.14 Å². The van der Waals surface area contributed by atoms with Crippen molar-refractivity contribution in [2.75, 3.05) is 40.3 Å². The Kier molecular flexibility index (Phi) is 6.15. The molecule has 3 N–H and O–H groups in total. The molecular weight excluding hydrogens is 349 g/mol. The van der Waals surface area contributed by atoms with Gasteiger partial charge in [-0.25, -0.2) is 17.9 Å². The first-order valence-corrected chi connectivity index (χ1v) is 9.53. The first-order valence-electron chi connectivity index (χ1n) is 7.99. The van der Waals surface area contributed by atoms with E-state index in [-0.39, 0.29) is 28.9 Å². The normalized spacial score (nSPS) is 21.6. The summed E-state index contributed by atoms with van der Waals surface area (Å²) in [5.41, 5.74) is -0.325. The van der Waals surface area contributed by atoms with E-state index in [1.165, 1.54) is 4.90 Å². The molecule has 0 spiro atoms. The number of aliphatic hydroxyl groups excluding tert-OH is 1. The lowest BCUT2D eigenvalue weighted by Crippen LogP contribution is -2.47. The first kappa shape index (κ1) is 19.8. The summed E-state index contributed by atoms with van der Waals surface area (Å²) in [6.07, 6.45) is 0.776. The van der Waals surface area contributed by atoms with Gasteiger partial charge < -0.3 is 14.9 Å². The second-order valence-corrected chi connectivity index (χ2v) is 8.37. The number of amides is 1. The summed E-state index contributed by atoms with van der Waals surface area (Å²) in [5.74, 6) is -1.33. The quantitative estimate of drug-likeness (QED) is 0.762. The number of primary sulfonamides is 1. The minimum absolute atomic E-state index is 0.0621. The SMILES string of the molecule is CN(C)C[C@H]1C[C@H](CO)CN(C(=O)c2cc(S(N)(=O)=O)ccc2F)C1. The van der Waals surface area contributed by atoms with Crippen molar-refractivity contribution in [3.05, 3.63) is 29.6 Å². The fourth-order valence-corrected chi connectivity index (χ4v) is 3.82. The maximum atomic E-state index is 14.1. The minimum atomic E-state index is -4.03. The summed E-state index contributed by atoms with van der Waals surface area (Å²) in [5, 5.41) is 14.6. The van der Waals surface area contributed by atoms with Gasteiger partial charge in [0.15, 0.2) is 0 Å². The number of piperidine rings is 1. The van der Waals surface area contributed by atoms with Crippen LogP contribution in [0.25, 0.3) is 0 Å². The van der Waals surface area contributed by atoms with Crippen LogP contribution >= 0.6 is 0 Å². The van der Waals surface area contributed by atoms with E-state index >= 15 is 0 Å². The number of likely N-dealkylation sites (tertiary alicyclic amines) is 1. The topological polar surface area (TPSA) is 104 Å². The summed E-state index contributed by atoms with van der Waals surface area (Å²) in [6, 6.07) is 2.93. The molecule has 1 heterocycles. The molecule has 1 aromatic carbocycles. The summed E-state index contributed by atoms with van der Waals surface area (Å²) < 4.78 is 37.0. The number of aliphatic hydroxyl groups is 1. The Labute approximate surface area is 147 Å². The largest absolute Gasteiger partial charge is 0.396 e. The smallest absolute Gasteiger partial charge is 0.256 e. The molecule has 0 unspecified atom stereocenters. The number of sulfonamides is 1. The van der Waals surface area contributed by atoms with E-state index in [4.69, 9.17) is 5.14 Å². The summed E-state index contributed by atoms with van der Waals surface area (Å²) in [7, 11) is -0.191. The zero-order valence-electron chi connectivity index (χ0n) is 14.4. The van der Waals surface area contributed by atoms with Crippen LogP contribution in [0.4, 0.5) is 4.39 Å². The standard InChI is InChI=1S/C16H24FN3O4S/c1-19(2)7-11-5-12(10-21)9-20(8-11)16(22)14-6-13(25(18,23)24)3-4-15(14)17/h3-4,6,11-12,21H,5,7-10H2,1-2H3,(H2,18,23,24)/t11-,12+/m1/s1. The van der Waals surface area contributed by atoms with E-state index in [1.54, 1.807) is 0 Å². The van der Waals surface area contributed by atoms with Gasteiger partial charge >= 0.3 is 0 Å². The Balaban J connectivity index is 2.29. The number of halogens is 1. The first-order chi connectivity index (χ1) is 11.6. The van der Waals surface area contributed by atoms with Crippen molar-refractivity contribution in [3.63, 3.8) is 0 Å². The highest BCUT2D eigenvalue weighted by Crippen LogP contribution is 2.25. The van der Waals surface area contributed by atoms with Crippen molar-refractivity contribution in [1.29, 1.82) is 0 Å². The number of hydrogen-bond acceptors (Lipinski definition) is 5. The Morgan fingerprint density at radius 3 is 2.56 bits per heavy atom. The molecule has 1 aliphatic rings. The Hall–Kier alpha value is -1.55. The lowest BCUT2D eigenvalue weighted by molar-refractivity contribution is 0.0473. The number of benzene rings is 1. The number of rotatable bonds is 5. The molecule has 0 bridgehead atoms. The molecule has 0 aromatic heterocycles. The van der Waals surface area contributed by atoms with Gasteiger partial charge in [-0.15, -0.1) is 0 Å². The molecule has 0 aliphatic carbocycles. The third kappa shape index (κ3) is 4.97. The zero-order chi connectivity index (χ0) is 18.8. The number of carbonyl (C=O) groups excluding carboxylic acids is 1. The molecule has 0 saturated carbocycles. The molecule has 9 heteroatoms. The number of hydrogen-bond donors (Lipinski definition) is 2. The maximum absolute atomic E-state index is 14.1. The predicted molar refractivity (Wildman–Crippen MR) is 90.9 cm³/mol. The average molecular weight is 373 g/mol. The van der Waals surface area contributed by atoms with Gasteiger partial charge in [0.1, 0.15) is 5.82 Å². The zero-order valence-corrected chi connectivity index (χ0v) is 15.2. The van der Waals surface area contributed by atoms with Crippen LogP contribution in [0.2, 0.25) is 0 Å². The van der Waals surface area contributed by atoms with E-state index in [0.717, 1.165) is 31.2 Å². The number of nitrogens with two attached hydrogens (primary N) is 1. The van der Waals surface area contributed by atoms with Gasteiger partial charge in [0.2, 0.25) is 10.0 Å². The van der Waals surface area contributed by atoms with E-state index in [2.05, 4.69) is 0 Å². The molecule has 0 radical (unpaired) electrons. The van der Waals surface area contributed by atoms with Crippen molar-refractivity contribution < 1.29 is 22.7 Å². The molecule has 2 rings (SSSR count). The van der Waals surface area contributed by atoms with Crippen LogP contribution in [0.5, 0.6) is 0 Å². The molecular formula is C16H24FN3O4S. The van der Waals surface area contributed by atoms with Gasteiger partial charge in [-0.3, -0.25) is 4.79 Å². The fraction of sp³-hybridized carbons (Fsp3) is 0.562. The Bertz CT molecular complexity index is 739. The van der Waals surface area contributed by atoms with Gasteiger partial charge in [-0.1, -0.05) is 0 Å². The van der Waals surface area contributed by atoms with Crippen LogP contribution in [-0.4, -0.2) is 69.6 Å². The second-order valence-electron chi connectivity index (χ2n) is 6.81. The van der Waals surface area contributed by atoms with E-state index in [0.29, 0.717) is 13.1 Å². The van der Waals surface area contributed by atoms with Crippen LogP contribution in [0.3, 0.4) is 0 Å². The maximum Gasteiger partial charge on any atom is 0.256 e. The summed E-state index contributed by atoms with van der Waals surface area (Å²) in [6.45, 7) is 1.40.